The minimum absolute atomic E-state index is 0.138. The van der Waals surface area contributed by atoms with Crippen LogP contribution >= 0.6 is 11.8 Å². The zero-order chi connectivity index (χ0) is 8.97. The van der Waals surface area contributed by atoms with Crippen LogP contribution in [0.2, 0.25) is 0 Å². The maximum absolute atomic E-state index is 10.9. The van der Waals surface area contributed by atoms with Crippen LogP contribution in [0.3, 0.4) is 0 Å². The average Bonchev–Trinajstić information content (AvgIpc) is 2.04. The molecule has 0 saturated carbocycles. The predicted octanol–water partition coefficient (Wildman–Crippen LogP) is 2.29. The van der Waals surface area contributed by atoms with Crippen LogP contribution in [0.4, 0.5) is 10.5 Å². The summed E-state index contributed by atoms with van der Waals surface area (Å²) in [6.07, 6.45) is 1.69. The highest BCUT2D eigenvalue weighted by molar-refractivity contribution is 8.13. The SMILES string of the molecule is CSC(=O)Nc1cccc(O)c1. The molecule has 0 aromatic heterocycles. The Morgan fingerprint density at radius 2 is 2.33 bits per heavy atom. The molecule has 0 saturated heterocycles. The Hall–Kier alpha value is -1.16. The maximum Gasteiger partial charge on any atom is 0.283 e. The zero-order valence-electron chi connectivity index (χ0n) is 6.57. The van der Waals surface area contributed by atoms with Crippen molar-refractivity contribution in [1.82, 2.24) is 0 Å². The van der Waals surface area contributed by atoms with Crippen LogP contribution < -0.4 is 5.32 Å². The summed E-state index contributed by atoms with van der Waals surface area (Å²) >= 11 is 1.09. The number of phenolic OH excluding ortho intramolecular Hbond substituents is 1. The molecule has 0 fully saturated rings. The highest BCUT2D eigenvalue weighted by Crippen LogP contribution is 2.16. The van der Waals surface area contributed by atoms with Crippen molar-refractivity contribution in [1.29, 1.82) is 0 Å². The fraction of sp³-hybridized carbons (Fsp3) is 0.125. The lowest BCUT2D eigenvalue weighted by atomic mass is 10.3. The fourth-order valence-electron chi connectivity index (χ4n) is 0.753. The largest absolute Gasteiger partial charge is 0.508 e. The van der Waals surface area contributed by atoms with E-state index in [-0.39, 0.29) is 11.0 Å². The van der Waals surface area contributed by atoms with Crippen LogP contribution in [-0.2, 0) is 0 Å². The Balaban J connectivity index is 2.69. The molecule has 0 bridgehead atoms. The lowest BCUT2D eigenvalue weighted by molar-refractivity contribution is 0.270. The molecule has 0 unspecified atom stereocenters. The molecule has 1 amide bonds. The summed E-state index contributed by atoms with van der Waals surface area (Å²) in [6.45, 7) is 0. The maximum atomic E-state index is 10.9. The van der Waals surface area contributed by atoms with Crippen molar-refractivity contribution in [3.63, 3.8) is 0 Å². The first kappa shape index (κ1) is 8.93. The highest BCUT2D eigenvalue weighted by atomic mass is 32.2. The van der Waals surface area contributed by atoms with E-state index in [1.807, 2.05) is 0 Å². The molecule has 12 heavy (non-hydrogen) atoms. The van der Waals surface area contributed by atoms with Gasteiger partial charge < -0.3 is 10.4 Å². The number of benzene rings is 1. The number of aromatic hydroxyl groups is 1. The van der Waals surface area contributed by atoms with Gasteiger partial charge in [-0.05, 0) is 18.4 Å². The third-order valence-corrected chi connectivity index (χ3v) is 1.75. The van der Waals surface area contributed by atoms with Crippen molar-refractivity contribution >= 4 is 22.7 Å². The lowest BCUT2D eigenvalue weighted by Gasteiger charge is -2.01. The molecular formula is C8H9NO2S. The number of nitrogens with one attached hydrogen (secondary N) is 1. The Bertz CT molecular complexity index is 288. The van der Waals surface area contributed by atoms with Crippen molar-refractivity contribution in [3.05, 3.63) is 24.3 Å². The molecule has 1 rings (SSSR count). The summed E-state index contributed by atoms with van der Waals surface area (Å²) in [5.74, 6) is 0.147. The topological polar surface area (TPSA) is 49.3 Å². The van der Waals surface area contributed by atoms with E-state index in [0.29, 0.717) is 5.69 Å². The molecule has 0 aliphatic carbocycles. The van der Waals surface area contributed by atoms with Gasteiger partial charge in [-0.2, -0.15) is 0 Å². The van der Waals surface area contributed by atoms with Crippen LogP contribution in [0.1, 0.15) is 0 Å². The molecule has 0 heterocycles. The van der Waals surface area contributed by atoms with Gasteiger partial charge in [-0.25, -0.2) is 0 Å². The van der Waals surface area contributed by atoms with Crippen molar-refractivity contribution in [3.8, 4) is 5.75 Å². The summed E-state index contributed by atoms with van der Waals surface area (Å²) in [5, 5.41) is 11.5. The van der Waals surface area contributed by atoms with Gasteiger partial charge in [0.05, 0.1) is 0 Å². The van der Waals surface area contributed by atoms with Crippen molar-refractivity contribution in [2.24, 2.45) is 0 Å². The van der Waals surface area contributed by atoms with Crippen LogP contribution in [0.5, 0.6) is 5.75 Å². The average molecular weight is 183 g/mol. The Morgan fingerprint density at radius 3 is 2.92 bits per heavy atom. The second-order valence-electron chi connectivity index (χ2n) is 2.17. The molecule has 4 heteroatoms. The number of phenols is 1. The van der Waals surface area contributed by atoms with Crippen molar-refractivity contribution in [2.45, 2.75) is 0 Å². The van der Waals surface area contributed by atoms with Gasteiger partial charge >= 0.3 is 0 Å². The molecule has 0 aliphatic rings. The summed E-state index contributed by atoms with van der Waals surface area (Å²) in [4.78, 5) is 10.9. The Kier molecular flexibility index (Phi) is 2.99. The highest BCUT2D eigenvalue weighted by Gasteiger charge is 1.98. The molecule has 64 valence electrons. The third-order valence-electron chi connectivity index (χ3n) is 1.28. The standard InChI is InChI=1S/C8H9NO2S/c1-12-8(11)9-6-3-2-4-7(10)5-6/h2-5,10H,1H3,(H,9,11). The molecule has 0 radical (unpaired) electrons. The van der Waals surface area contributed by atoms with Crippen LogP contribution in [-0.4, -0.2) is 16.6 Å². The summed E-state index contributed by atoms with van der Waals surface area (Å²) in [6, 6.07) is 6.43. The third kappa shape index (κ3) is 2.47. The van der Waals surface area contributed by atoms with Gasteiger partial charge in [0.2, 0.25) is 0 Å². The normalized spacial score (nSPS) is 9.42. The van der Waals surface area contributed by atoms with Gasteiger partial charge in [-0.15, -0.1) is 0 Å². The Morgan fingerprint density at radius 1 is 1.58 bits per heavy atom. The van der Waals surface area contributed by atoms with E-state index in [4.69, 9.17) is 5.11 Å². The van der Waals surface area contributed by atoms with Gasteiger partial charge in [-0.1, -0.05) is 17.8 Å². The number of carbonyl (C=O) groups is 1. The number of amides is 1. The summed E-state index contributed by atoms with van der Waals surface area (Å²) < 4.78 is 0. The van der Waals surface area contributed by atoms with Crippen molar-refractivity contribution < 1.29 is 9.90 Å². The molecule has 2 N–H and O–H groups in total. The van der Waals surface area contributed by atoms with E-state index >= 15 is 0 Å². The van der Waals surface area contributed by atoms with Crippen LogP contribution in [0.25, 0.3) is 0 Å². The first-order chi connectivity index (χ1) is 5.72. The first-order valence-electron chi connectivity index (χ1n) is 3.36. The fourth-order valence-corrected chi connectivity index (χ4v) is 0.972. The van der Waals surface area contributed by atoms with Crippen LogP contribution in [0.15, 0.2) is 24.3 Å². The molecule has 0 aliphatic heterocycles. The van der Waals surface area contributed by atoms with E-state index < -0.39 is 0 Å². The molecule has 0 spiro atoms. The summed E-state index contributed by atoms with van der Waals surface area (Å²) in [5.41, 5.74) is 0.606. The van der Waals surface area contributed by atoms with E-state index in [2.05, 4.69) is 5.32 Å². The van der Waals surface area contributed by atoms with Gasteiger partial charge in [-0.3, -0.25) is 4.79 Å². The number of rotatable bonds is 1. The summed E-state index contributed by atoms with van der Waals surface area (Å²) in [7, 11) is 0. The number of anilines is 1. The second-order valence-corrected chi connectivity index (χ2v) is 2.95. The van der Waals surface area contributed by atoms with E-state index in [9.17, 15) is 4.79 Å². The number of hydrogen-bond donors (Lipinski definition) is 2. The van der Waals surface area contributed by atoms with Gasteiger partial charge in [0.25, 0.3) is 5.24 Å². The van der Waals surface area contributed by atoms with Gasteiger partial charge in [0.1, 0.15) is 5.75 Å². The van der Waals surface area contributed by atoms with E-state index in [0.717, 1.165) is 11.8 Å². The minimum atomic E-state index is -0.138. The zero-order valence-corrected chi connectivity index (χ0v) is 7.39. The predicted molar refractivity (Wildman–Crippen MR) is 50.6 cm³/mol. The number of hydrogen-bond acceptors (Lipinski definition) is 3. The molecular weight excluding hydrogens is 174 g/mol. The molecule has 1 aromatic carbocycles. The molecule has 3 nitrogen and oxygen atoms in total. The van der Waals surface area contributed by atoms with Gasteiger partial charge in [0, 0.05) is 11.8 Å². The van der Waals surface area contributed by atoms with E-state index in [1.165, 1.54) is 6.07 Å². The second kappa shape index (κ2) is 4.01. The van der Waals surface area contributed by atoms with Gasteiger partial charge in [0.15, 0.2) is 0 Å². The molecule has 1 aromatic rings. The number of carbonyl (C=O) groups excluding carboxylic acids is 1. The molecule has 0 atom stereocenters. The first-order valence-corrected chi connectivity index (χ1v) is 4.59. The smallest absolute Gasteiger partial charge is 0.283 e. The van der Waals surface area contributed by atoms with Crippen molar-refractivity contribution in [2.75, 3.05) is 11.6 Å². The Labute approximate surface area is 74.8 Å². The van der Waals surface area contributed by atoms with E-state index in [1.54, 1.807) is 24.5 Å². The minimum Gasteiger partial charge on any atom is -0.508 e. The van der Waals surface area contributed by atoms with Crippen LogP contribution in [0, 0.1) is 0 Å². The monoisotopic (exact) mass is 183 g/mol. The quantitative estimate of drug-likeness (QED) is 0.702. The number of thioether (sulfide) groups is 1. The lowest BCUT2D eigenvalue weighted by Crippen LogP contribution is -2.03.